The number of phenolic OH excluding ortho intramolecular Hbond substituents is 1. The van der Waals surface area contributed by atoms with E-state index < -0.39 is 5.66 Å². The molecular formula is C20H28F2NOP. The highest BCUT2D eigenvalue weighted by molar-refractivity contribution is 7.17. The topological polar surface area (TPSA) is 46.2 Å². The van der Waals surface area contributed by atoms with Gasteiger partial charge in [0.25, 0.3) is 5.66 Å². The monoisotopic (exact) mass is 367 g/mol. The fraction of sp³-hybridized carbons (Fsp3) is 0.400. The first-order valence-corrected chi connectivity index (χ1v) is 8.94. The van der Waals surface area contributed by atoms with Crippen molar-refractivity contribution >= 4 is 14.8 Å². The van der Waals surface area contributed by atoms with Gasteiger partial charge in [-0.05, 0) is 56.9 Å². The highest BCUT2D eigenvalue weighted by Gasteiger charge is 2.26. The number of aromatic hydroxyl groups is 1. The Bertz CT molecular complexity index is 728. The number of halogens is 2. The van der Waals surface area contributed by atoms with Gasteiger partial charge in [-0.15, -0.1) is 0 Å². The molecule has 1 atom stereocenters. The van der Waals surface area contributed by atoms with E-state index in [1.807, 2.05) is 40.7 Å². The van der Waals surface area contributed by atoms with Crippen molar-refractivity contribution in [3.8, 4) is 5.75 Å². The van der Waals surface area contributed by atoms with Gasteiger partial charge in [-0.3, -0.25) is 0 Å². The highest BCUT2D eigenvalue weighted by Crippen LogP contribution is 2.40. The molecule has 0 heterocycles. The molecule has 0 saturated carbocycles. The first-order chi connectivity index (χ1) is 11.5. The van der Waals surface area contributed by atoms with Crippen LogP contribution < -0.4 is 5.73 Å². The zero-order valence-corrected chi connectivity index (χ0v) is 16.7. The minimum absolute atomic E-state index is 0.162. The van der Waals surface area contributed by atoms with Crippen molar-refractivity contribution in [3.63, 3.8) is 0 Å². The Morgan fingerprint density at radius 3 is 2.16 bits per heavy atom. The van der Waals surface area contributed by atoms with E-state index in [4.69, 9.17) is 5.73 Å². The number of allylic oxidation sites excluding steroid dienone is 5. The van der Waals surface area contributed by atoms with Crippen molar-refractivity contribution in [2.75, 3.05) is 0 Å². The third kappa shape index (κ3) is 5.40. The molecule has 3 N–H and O–H groups in total. The standard InChI is InChI=1S/C20H28F2NOP/c1-6-12(3)17(23)10-14(5)19(13(4)7-2)16-9-8-15(11-18(16)24)20(21,22)25/h8-11,24H,6-7,23,25H2,1-5H3/b14-10-,17-12-,19-13?. The van der Waals surface area contributed by atoms with Crippen molar-refractivity contribution in [3.05, 3.63) is 57.8 Å². The molecule has 5 heteroatoms. The van der Waals surface area contributed by atoms with Crippen LogP contribution in [0.5, 0.6) is 5.75 Å². The van der Waals surface area contributed by atoms with Crippen LogP contribution in [-0.2, 0) is 5.66 Å². The van der Waals surface area contributed by atoms with Crippen molar-refractivity contribution in [2.45, 2.75) is 53.1 Å². The summed E-state index contributed by atoms with van der Waals surface area (Å²) in [5, 5.41) is 10.4. The maximum absolute atomic E-state index is 13.5. The highest BCUT2D eigenvalue weighted by atomic mass is 31.0. The van der Waals surface area contributed by atoms with E-state index in [2.05, 4.69) is 0 Å². The van der Waals surface area contributed by atoms with E-state index in [9.17, 15) is 13.9 Å². The van der Waals surface area contributed by atoms with Gasteiger partial charge in [-0.2, -0.15) is 8.78 Å². The smallest absolute Gasteiger partial charge is 0.284 e. The molecule has 0 fully saturated rings. The zero-order valence-electron chi connectivity index (χ0n) is 15.6. The predicted octanol–water partition coefficient (Wildman–Crippen LogP) is 6.09. The molecule has 0 aromatic heterocycles. The summed E-state index contributed by atoms with van der Waals surface area (Å²) in [5.74, 6) is -0.162. The Kier molecular flexibility index (Phi) is 7.37. The Labute approximate surface area is 151 Å². The van der Waals surface area contributed by atoms with E-state index in [0.717, 1.165) is 41.2 Å². The third-order valence-corrected chi connectivity index (χ3v) is 4.73. The largest absolute Gasteiger partial charge is 0.507 e. The number of hydrogen-bond acceptors (Lipinski definition) is 2. The van der Waals surface area contributed by atoms with E-state index in [1.54, 1.807) is 6.07 Å². The minimum atomic E-state index is -3.07. The quantitative estimate of drug-likeness (QED) is 0.472. The summed E-state index contributed by atoms with van der Waals surface area (Å²) < 4.78 is 26.9. The minimum Gasteiger partial charge on any atom is -0.507 e. The normalized spacial score (nSPS) is 15.0. The fourth-order valence-corrected chi connectivity index (χ4v) is 2.72. The molecule has 0 aliphatic rings. The van der Waals surface area contributed by atoms with Gasteiger partial charge in [0.2, 0.25) is 0 Å². The van der Waals surface area contributed by atoms with Gasteiger partial charge in [-0.25, -0.2) is 0 Å². The molecule has 1 aromatic rings. The Balaban J connectivity index is 3.53. The fourth-order valence-electron chi connectivity index (χ4n) is 2.54. The summed E-state index contributed by atoms with van der Waals surface area (Å²) in [6, 6.07) is 4.00. The number of benzene rings is 1. The molecule has 0 aliphatic carbocycles. The first-order valence-electron chi connectivity index (χ1n) is 8.37. The van der Waals surface area contributed by atoms with Gasteiger partial charge in [-0.1, -0.05) is 46.4 Å². The molecule has 0 bridgehead atoms. The van der Waals surface area contributed by atoms with Crippen molar-refractivity contribution < 1.29 is 13.9 Å². The van der Waals surface area contributed by atoms with Crippen molar-refractivity contribution in [1.29, 1.82) is 0 Å². The van der Waals surface area contributed by atoms with Crippen molar-refractivity contribution in [2.24, 2.45) is 5.73 Å². The molecule has 0 radical (unpaired) electrons. The van der Waals surface area contributed by atoms with Crippen molar-refractivity contribution in [1.82, 2.24) is 0 Å². The lowest BCUT2D eigenvalue weighted by atomic mass is 9.91. The number of rotatable bonds is 6. The summed E-state index contributed by atoms with van der Waals surface area (Å²) in [6.07, 6.45) is 3.51. The Morgan fingerprint density at radius 1 is 1.16 bits per heavy atom. The second kappa shape index (κ2) is 8.62. The zero-order chi connectivity index (χ0) is 19.4. The molecule has 0 spiro atoms. The third-order valence-electron chi connectivity index (χ3n) is 4.40. The summed E-state index contributed by atoms with van der Waals surface area (Å²) in [6.45, 7) is 9.91. The number of phenols is 1. The van der Waals surface area contributed by atoms with Gasteiger partial charge in [0, 0.05) is 16.8 Å². The average molecular weight is 367 g/mol. The van der Waals surface area contributed by atoms with Crippen LogP contribution in [0.4, 0.5) is 8.78 Å². The van der Waals surface area contributed by atoms with Crippen LogP contribution in [-0.4, -0.2) is 5.11 Å². The maximum Gasteiger partial charge on any atom is 0.284 e. The molecule has 25 heavy (non-hydrogen) atoms. The molecule has 0 aliphatic heterocycles. The van der Waals surface area contributed by atoms with E-state index >= 15 is 0 Å². The van der Waals surface area contributed by atoms with Gasteiger partial charge < -0.3 is 10.8 Å². The Hall–Kier alpha value is -1.67. The van der Waals surface area contributed by atoms with Gasteiger partial charge in [0.05, 0.1) is 0 Å². The van der Waals surface area contributed by atoms with E-state index in [-0.39, 0.29) is 11.3 Å². The van der Waals surface area contributed by atoms with Crippen LogP contribution in [0.2, 0.25) is 0 Å². The maximum atomic E-state index is 13.5. The molecule has 0 amide bonds. The van der Waals surface area contributed by atoms with Crippen LogP contribution in [0, 0.1) is 0 Å². The molecule has 0 saturated heterocycles. The second-order valence-corrected chi connectivity index (χ2v) is 7.01. The SMILES string of the molecule is CCC(C)=C(/C(C)=C\C(N)=C(/C)CC)c1ccc(C(F)(F)P)cc1O. The number of nitrogens with two attached hydrogens (primary N) is 1. The summed E-state index contributed by atoms with van der Waals surface area (Å²) in [7, 11) is 1.49. The lowest BCUT2D eigenvalue weighted by Crippen LogP contribution is -2.03. The summed E-state index contributed by atoms with van der Waals surface area (Å²) in [4.78, 5) is 0. The number of hydrogen-bond donors (Lipinski definition) is 2. The second-order valence-electron chi connectivity index (χ2n) is 6.28. The molecule has 138 valence electrons. The van der Waals surface area contributed by atoms with E-state index in [0.29, 0.717) is 11.3 Å². The number of alkyl halides is 2. The summed E-state index contributed by atoms with van der Waals surface area (Å²) in [5.41, 5.74) is 7.89. The van der Waals surface area contributed by atoms with Crippen LogP contribution in [0.3, 0.4) is 0 Å². The molecule has 1 rings (SSSR count). The van der Waals surface area contributed by atoms with Gasteiger partial charge >= 0.3 is 0 Å². The first kappa shape index (κ1) is 21.4. The summed E-state index contributed by atoms with van der Waals surface area (Å²) >= 11 is 0. The lowest BCUT2D eigenvalue weighted by molar-refractivity contribution is 0.103. The van der Waals surface area contributed by atoms with Gasteiger partial charge in [0.15, 0.2) is 0 Å². The van der Waals surface area contributed by atoms with Crippen LogP contribution in [0.25, 0.3) is 5.57 Å². The lowest BCUT2D eigenvalue weighted by Gasteiger charge is -2.17. The van der Waals surface area contributed by atoms with Crippen LogP contribution in [0.1, 0.15) is 58.6 Å². The van der Waals surface area contributed by atoms with E-state index in [1.165, 1.54) is 15.3 Å². The van der Waals surface area contributed by atoms with Crippen LogP contribution >= 0.6 is 9.24 Å². The average Bonchev–Trinajstić information content (AvgIpc) is 2.54. The molecule has 2 nitrogen and oxygen atoms in total. The van der Waals surface area contributed by atoms with Gasteiger partial charge in [0.1, 0.15) is 5.75 Å². The van der Waals surface area contributed by atoms with Crippen LogP contribution in [0.15, 0.2) is 46.7 Å². The Morgan fingerprint density at radius 2 is 1.72 bits per heavy atom. The molecule has 1 unspecified atom stereocenters. The molecule has 1 aromatic carbocycles. The predicted molar refractivity (Wildman–Crippen MR) is 106 cm³/mol. The molecular weight excluding hydrogens is 339 g/mol.